The topological polar surface area (TPSA) is 18.5 Å². The maximum atomic E-state index is 6.26. The number of hydrogen-bond donors (Lipinski definition) is 0. The minimum atomic E-state index is -2.13. The molecule has 0 rings (SSSR count). The molecule has 20 heavy (non-hydrogen) atoms. The van der Waals surface area contributed by atoms with Crippen LogP contribution in [0.1, 0.15) is 47.5 Å². The summed E-state index contributed by atoms with van der Waals surface area (Å²) in [5, 5.41) is 0. The monoisotopic (exact) mass is 296 g/mol. The van der Waals surface area contributed by atoms with Crippen molar-refractivity contribution in [1.29, 1.82) is 0 Å². The van der Waals surface area contributed by atoms with Crippen LogP contribution in [0, 0.1) is 23.7 Å². The van der Waals surface area contributed by atoms with E-state index in [1.54, 1.807) is 0 Å². The van der Waals surface area contributed by atoms with Crippen LogP contribution in [-0.2, 0) is 8.85 Å². The molecular formula is C17H32O2Si. The van der Waals surface area contributed by atoms with Gasteiger partial charge in [-0.05, 0) is 43.8 Å². The van der Waals surface area contributed by atoms with Crippen molar-refractivity contribution in [3.63, 3.8) is 0 Å². The minimum Gasteiger partial charge on any atom is -0.394 e. The zero-order valence-corrected chi connectivity index (χ0v) is 15.4. The largest absolute Gasteiger partial charge is 0.394 e. The summed E-state index contributed by atoms with van der Waals surface area (Å²) in [6, 6.07) is 0. The summed E-state index contributed by atoms with van der Waals surface area (Å²) >= 11 is 0. The Bertz CT molecular complexity index is 350. The summed E-state index contributed by atoms with van der Waals surface area (Å²) in [7, 11) is -2.13. The lowest BCUT2D eigenvalue weighted by molar-refractivity contribution is 0.108. The lowest BCUT2D eigenvalue weighted by Crippen LogP contribution is -2.41. The molecular weight excluding hydrogens is 264 g/mol. The van der Waals surface area contributed by atoms with Gasteiger partial charge in [0.2, 0.25) is 0 Å². The SMILES string of the molecule is C=C(C)C#CC(O[Si](C)(C)OCC(C)C)C(C)CCC. The third kappa shape index (κ3) is 9.36. The Kier molecular flexibility index (Phi) is 9.12. The molecule has 116 valence electrons. The first-order chi connectivity index (χ1) is 9.18. The molecule has 2 nitrogen and oxygen atoms in total. The van der Waals surface area contributed by atoms with Gasteiger partial charge in [0.25, 0.3) is 0 Å². The van der Waals surface area contributed by atoms with E-state index < -0.39 is 8.56 Å². The van der Waals surface area contributed by atoms with Crippen LogP contribution in [0.3, 0.4) is 0 Å². The van der Waals surface area contributed by atoms with Gasteiger partial charge in [0.15, 0.2) is 0 Å². The summed E-state index contributed by atoms with van der Waals surface area (Å²) in [4.78, 5) is 0. The molecule has 0 fully saturated rings. The van der Waals surface area contributed by atoms with Gasteiger partial charge in [-0.25, -0.2) is 0 Å². The molecule has 0 N–H and O–H groups in total. The highest BCUT2D eigenvalue weighted by Gasteiger charge is 2.30. The second kappa shape index (κ2) is 9.39. The third-order valence-electron chi connectivity index (χ3n) is 2.86. The van der Waals surface area contributed by atoms with Crippen molar-refractivity contribution >= 4 is 8.56 Å². The number of allylic oxidation sites excluding steroid dienone is 1. The Labute approximate surface area is 127 Å². The molecule has 0 heterocycles. The average Bonchev–Trinajstić information content (AvgIpc) is 2.32. The lowest BCUT2D eigenvalue weighted by atomic mass is 10.00. The van der Waals surface area contributed by atoms with E-state index >= 15 is 0 Å². The molecule has 2 atom stereocenters. The maximum absolute atomic E-state index is 6.26. The van der Waals surface area contributed by atoms with Crippen LogP contribution in [0.15, 0.2) is 12.2 Å². The molecule has 0 aromatic rings. The van der Waals surface area contributed by atoms with Gasteiger partial charge < -0.3 is 8.85 Å². The summed E-state index contributed by atoms with van der Waals surface area (Å²) in [6.07, 6.45) is 2.20. The van der Waals surface area contributed by atoms with Crippen LogP contribution in [0.2, 0.25) is 13.1 Å². The molecule has 0 aliphatic heterocycles. The van der Waals surface area contributed by atoms with Crippen LogP contribution < -0.4 is 0 Å². The third-order valence-corrected chi connectivity index (χ3v) is 4.55. The van der Waals surface area contributed by atoms with Crippen LogP contribution >= 0.6 is 0 Å². The summed E-state index contributed by atoms with van der Waals surface area (Å²) in [5.74, 6) is 7.24. The molecule has 2 unspecified atom stereocenters. The second-order valence-corrected chi connectivity index (χ2v) is 9.78. The Hall–Kier alpha value is -0.563. The van der Waals surface area contributed by atoms with Gasteiger partial charge in [0.05, 0.1) is 0 Å². The van der Waals surface area contributed by atoms with Crippen molar-refractivity contribution in [3.8, 4) is 11.8 Å². The van der Waals surface area contributed by atoms with Gasteiger partial charge >= 0.3 is 8.56 Å². The molecule has 3 heteroatoms. The number of rotatable bonds is 8. The van der Waals surface area contributed by atoms with Crippen molar-refractivity contribution in [3.05, 3.63) is 12.2 Å². The van der Waals surface area contributed by atoms with Crippen LogP contribution in [0.5, 0.6) is 0 Å². The van der Waals surface area contributed by atoms with Gasteiger partial charge in [0, 0.05) is 6.61 Å². The van der Waals surface area contributed by atoms with Crippen molar-refractivity contribution < 1.29 is 8.85 Å². The smallest absolute Gasteiger partial charge is 0.332 e. The van der Waals surface area contributed by atoms with E-state index in [9.17, 15) is 0 Å². The predicted molar refractivity (Wildman–Crippen MR) is 89.8 cm³/mol. The van der Waals surface area contributed by atoms with Crippen LogP contribution in [-0.4, -0.2) is 21.3 Å². The Balaban J connectivity index is 4.78. The first kappa shape index (κ1) is 19.4. The maximum Gasteiger partial charge on any atom is 0.332 e. The molecule has 0 bridgehead atoms. The normalized spacial score (nSPS) is 14.6. The van der Waals surface area contributed by atoms with Gasteiger partial charge in [-0.15, -0.1) is 0 Å². The predicted octanol–water partition coefficient (Wildman–Crippen LogP) is 4.76. The van der Waals surface area contributed by atoms with E-state index in [-0.39, 0.29) is 6.10 Å². The molecule has 0 aromatic carbocycles. The van der Waals surface area contributed by atoms with Crippen LogP contribution in [0.4, 0.5) is 0 Å². The Morgan fingerprint density at radius 3 is 2.30 bits per heavy atom. The van der Waals surface area contributed by atoms with E-state index in [2.05, 4.69) is 59.2 Å². The summed E-state index contributed by atoms with van der Waals surface area (Å²) in [6.45, 7) is 19.4. The van der Waals surface area contributed by atoms with Gasteiger partial charge in [-0.2, -0.15) is 0 Å². The summed E-state index contributed by atoms with van der Waals surface area (Å²) < 4.78 is 12.2. The molecule has 0 radical (unpaired) electrons. The molecule has 0 saturated carbocycles. The Morgan fingerprint density at radius 2 is 1.85 bits per heavy atom. The van der Waals surface area contributed by atoms with Crippen molar-refractivity contribution in [2.24, 2.45) is 11.8 Å². The highest BCUT2D eigenvalue weighted by atomic mass is 28.4. The van der Waals surface area contributed by atoms with E-state index in [4.69, 9.17) is 8.85 Å². The van der Waals surface area contributed by atoms with E-state index in [0.29, 0.717) is 11.8 Å². The number of hydrogen-bond acceptors (Lipinski definition) is 2. The molecule has 0 aliphatic rings. The molecule has 0 amide bonds. The van der Waals surface area contributed by atoms with Crippen molar-refractivity contribution in [2.45, 2.75) is 66.7 Å². The van der Waals surface area contributed by atoms with Gasteiger partial charge in [0.1, 0.15) is 6.10 Å². The van der Waals surface area contributed by atoms with E-state index in [1.807, 2.05) is 6.92 Å². The van der Waals surface area contributed by atoms with Gasteiger partial charge in [-0.3, -0.25) is 0 Å². The Morgan fingerprint density at radius 1 is 1.25 bits per heavy atom. The van der Waals surface area contributed by atoms with Crippen LogP contribution in [0.25, 0.3) is 0 Å². The average molecular weight is 297 g/mol. The molecule has 0 spiro atoms. The standard InChI is InChI=1S/C17H32O2Si/c1-9-10-16(6)17(12-11-14(2)3)19-20(7,8)18-13-15(4)5/h15-17H,2,9-10,13H2,1,3-8H3. The first-order valence-corrected chi connectivity index (χ1v) is 10.5. The fourth-order valence-corrected chi connectivity index (χ4v) is 3.50. The second-order valence-electron chi connectivity index (χ2n) is 6.46. The van der Waals surface area contributed by atoms with E-state index in [1.165, 1.54) is 0 Å². The van der Waals surface area contributed by atoms with Crippen molar-refractivity contribution in [2.75, 3.05) is 6.61 Å². The zero-order valence-electron chi connectivity index (χ0n) is 14.4. The summed E-state index contributed by atoms with van der Waals surface area (Å²) in [5.41, 5.74) is 0.880. The molecule has 0 aliphatic carbocycles. The van der Waals surface area contributed by atoms with Gasteiger partial charge in [-0.1, -0.05) is 52.5 Å². The first-order valence-electron chi connectivity index (χ1n) is 7.66. The zero-order chi connectivity index (χ0) is 15.8. The highest BCUT2D eigenvalue weighted by molar-refractivity contribution is 6.64. The molecule has 0 aromatic heterocycles. The lowest BCUT2D eigenvalue weighted by Gasteiger charge is -2.30. The fraction of sp³-hybridized carbons (Fsp3) is 0.765. The van der Waals surface area contributed by atoms with E-state index in [0.717, 1.165) is 25.0 Å². The minimum absolute atomic E-state index is 0.0551. The molecule has 0 saturated heterocycles. The fourth-order valence-electron chi connectivity index (χ4n) is 1.80. The quantitative estimate of drug-likeness (QED) is 0.475. The highest BCUT2D eigenvalue weighted by Crippen LogP contribution is 2.19. The van der Waals surface area contributed by atoms with Crippen molar-refractivity contribution in [1.82, 2.24) is 0 Å².